The maximum atomic E-state index is 12.3. The first-order valence-corrected chi connectivity index (χ1v) is 8.38. The van der Waals surface area contributed by atoms with Gasteiger partial charge in [-0.3, -0.25) is 4.79 Å². The summed E-state index contributed by atoms with van der Waals surface area (Å²) in [5.74, 6) is 0.629. The third-order valence-corrected chi connectivity index (χ3v) is 4.73. The fraction of sp³-hybridized carbons (Fsp3) is 0.250. The molecule has 2 aromatic rings. The summed E-state index contributed by atoms with van der Waals surface area (Å²) in [4.78, 5) is 14.2. The van der Waals surface area contributed by atoms with Crippen LogP contribution in [0.4, 0.5) is 0 Å². The third kappa shape index (κ3) is 4.02. The molecule has 1 heterocycles. The number of carbonyl (C=O) groups is 1. The highest BCUT2D eigenvalue weighted by Crippen LogP contribution is 2.27. The number of likely N-dealkylation sites (tertiary alicyclic amines) is 1. The Morgan fingerprint density at radius 2 is 1.65 bits per heavy atom. The molecule has 1 amide bonds. The van der Waals surface area contributed by atoms with Crippen molar-refractivity contribution in [3.63, 3.8) is 0 Å². The second kappa shape index (κ2) is 7.47. The van der Waals surface area contributed by atoms with Gasteiger partial charge >= 0.3 is 0 Å². The highest BCUT2D eigenvalue weighted by molar-refractivity contribution is 6.32. The minimum atomic E-state index is 0.0661. The first-order valence-electron chi connectivity index (χ1n) is 8.00. The van der Waals surface area contributed by atoms with Crippen LogP contribution in [0.5, 0.6) is 0 Å². The number of rotatable bonds is 3. The molecule has 1 fully saturated rings. The van der Waals surface area contributed by atoms with Crippen LogP contribution in [0.25, 0.3) is 6.08 Å². The molecular weight excluding hydrogens is 306 g/mol. The lowest BCUT2D eigenvalue weighted by molar-refractivity contribution is -0.126. The molecule has 0 spiro atoms. The zero-order chi connectivity index (χ0) is 16.1. The maximum Gasteiger partial charge on any atom is 0.246 e. The summed E-state index contributed by atoms with van der Waals surface area (Å²) in [7, 11) is 0. The van der Waals surface area contributed by atoms with Crippen LogP contribution in [-0.4, -0.2) is 23.9 Å². The maximum absolute atomic E-state index is 12.3. The average Bonchev–Trinajstić information content (AvgIpc) is 2.62. The number of nitrogens with zero attached hydrogens (tertiary/aromatic N) is 1. The lowest BCUT2D eigenvalue weighted by Crippen LogP contribution is -2.36. The van der Waals surface area contributed by atoms with E-state index in [1.54, 1.807) is 12.2 Å². The number of halogens is 1. The molecule has 0 radical (unpaired) electrons. The van der Waals surface area contributed by atoms with E-state index >= 15 is 0 Å². The summed E-state index contributed by atoms with van der Waals surface area (Å²) < 4.78 is 0. The van der Waals surface area contributed by atoms with E-state index in [2.05, 4.69) is 24.3 Å². The standard InChI is InChI=1S/C20H20ClNO/c21-19-9-5-4-8-18(19)10-11-20(23)22-14-12-17(13-15-22)16-6-2-1-3-7-16/h1-11,17H,12-15H2/b11-10+. The number of carbonyl (C=O) groups excluding carboxylic acids is 1. The van der Waals surface area contributed by atoms with Gasteiger partial charge in [0, 0.05) is 24.2 Å². The molecular formula is C20H20ClNO. The molecule has 0 unspecified atom stereocenters. The van der Waals surface area contributed by atoms with Gasteiger partial charge in [-0.05, 0) is 42.0 Å². The Balaban J connectivity index is 1.57. The first-order chi connectivity index (χ1) is 11.2. The lowest BCUT2D eigenvalue weighted by atomic mass is 9.89. The molecule has 0 saturated carbocycles. The SMILES string of the molecule is O=C(/C=C/c1ccccc1Cl)N1CCC(c2ccccc2)CC1. The number of hydrogen-bond acceptors (Lipinski definition) is 1. The quantitative estimate of drug-likeness (QED) is 0.745. The van der Waals surface area contributed by atoms with E-state index in [0.717, 1.165) is 31.5 Å². The van der Waals surface area contributed by atoms with E-state index in [4.69, 9.17) is 11.6 Å². The van der Waals surface area contributed by atoms with Gasteiger partial charge in [-0.25, -0.2) is 0 Å². The Morgan fingerprint density at radius 3 is 2.35 bits per heavy atom. The van der Waals surface area contributed by atoms with Crippen LogP contribution in [0.3, 0.4) is 0 Å². The predicted molar refractivity (Wildman–Crippen MR) is 95.5 cm³/mol. The van der Waals surface area contributed by atoms with Crippen LogP contribution in [0.15, 0.2) is 60.7 Å². The molecule has 1 saturated heterocycles. The van der Waals surface area contributed by atoms with E-state index in [-0.39, 0.29) is 5.91 Å². The number of piperidine rings is 1. The summed E-state index contributed by atoms with van der Waals surface area (Å²) in [5.41, 5.74) is 2.26. The van der Waals surface area contributed by atoms with Crippen LogP contribution in [0.1, 0.15) is 29.9 Å². The van der Waals surface area contributed by atoms with Crippen molar-refractivity contribution in [3.8, 4) is 0 Å². The molecule has 0 aromatic heterocycles. The Kier molecular flexibility index (Phi) is 5.14. The van der Waals surface area contributed by atoms with Gasteiger partial charge in [-0.1, -0.05) is 60.1 Å². The average molecular weight is 326 g/mol. The van der Waals surface area contributed by atoms with Gasteiger partial charge < -0.3 is 4.90 Å². The first kappa shape index (κ1) is 15.8. The van der Waals surface area contributed by atoms with E-state index < -0.39 is 0 Å². The van der Waals surface area contributed by atoms with Gasteiger partial charge in [-0.15, -0.1) is 0 Å². The van der Waals surface area contributed by atoms with Crippen molar-refractivity contribution in [3.05, 3.63) is 76.8 Å². The molecule has 3 heteroatoms. The molecule has 0 aliphatic carbocycles. The van der Waals surface area contributed by atoms with Crippen LogP contribution < -0.4 is 0 Å². The molecule has 3 rings (SSSR count). The summed E-state index contributed by atoms with van der Waals surface area (Å²) in [6.45, 7) is 1.62. The predicted octanol–water partition coefficient (Wildman–Crippen LogP) is 4.76. The van der Waals surface area contributed by atoms with Crippen LogP contribution >= 0.6 is 11.6 Å². The van der Waals surface area contributed by atoms with Gasteiger partial charge in [0.15, 0.2) is 0 Å². The van der Waals surface area contributed by atoms with Crippen LogP contribution in [-0.2, 0) is 4.79 Å². The molecule has 0 bridgehead atoms. The fourth-order valence-electron chi connectivity index (χ4n) is 3.04. The van der Waals surface area contributed by atoms with Crippen molar-refractivity contribution in [1.82, 2.24) is 4.90 Å². The molecule has 2 aromatic carbocycles. The number of amides is 1. The van der Waals surface area contributed by atoms with Crippen molar-refractivity contribution in [2.75, 3.05) is 13.1 Å². The molecule has 1 aliphatic rings. The van der Waals surface area contributed by atoms with Crippen molar-refractivity contribution in [2.24, 2.45) is 0 Å². The summed E-state index contributed by atoms with van der Waals surface area (Å²) in [6, 6.07) is 18.1. The van der Waals surface area contributed by atoms with Crippen molar-refractivity contribution in [1.29, 1.82) is 0 Å². The van der Waals surface area contributed by atoms with E-state index in [1.807, 2.05) is 35.2 Å². The molecule has 118 valence electrons. The van der Waals surface area contributed by atoms with Crippen LogP contribution in [0.2, 0.25) is 5.02 Å². The van der Waals surface area contributed by atoms with Gasteiger partial charge in [-0.2, -0.15) is 0 Å². The summed E-state index contributed by atoms with van der Waals surface area (Å²) in [6.07, 6.45) is 5.48. The van der Waals surface area contributed by atoms with Crippen LogP contribution in [0, 0.1) is 0 Å². The van der Waals surface area contributed by atoms with Gasteiger partial charge in [0.2, 0.25) is 5.91 Å². The molecule has 23 heavy (non-hydrogen) atoms. The lowest BCUT2D eigenvalue weighted by Gasteiger charge is -2.31. The topological polar surface area (TPSA) is 20.3 Å². The van der Waals surface area contributed by atoms with E-state index in [0.29, 0.717) is 10.9 Å². The number of hydrogen-bond donors (Lipinski definition) is 0. The third-order valence-electron chi connectivity index (χ3n) is 4.39. The number of benzene rings is 2. The van der Waals surface area contributed by atoms with Gasteiger partial charge in [0.05, 0.1) is 0 Å². The van der Waals surface area contributed by atoms with Crippen molar-refractivity contribution < 1.29 is 4.79 Å². The molecule has 0 N–H and O–H groups in total. The van der Waals surface area contributed by atoms with E-state index in [9.17, 15) is 4.79 Å². The van der Waals surface area contributed by atoms with Gasteiger partial charge in [0.1, 0.15) is 0 Å². The zero-order valence-corrected chi connectivity index (χ0v) is 13.7. The second-order valence-electron chi connectivity index (χ2n) is 5.87. The largest absolute Gasteiger partial charge is 0.339 e. The summed E-state index contributed by atoms with van der Waals surface area (Å²) in [5, 5.41) is 0.666. The van der Waals surface area contributed by atoms with Crippen molar-refractivity contribution in [2.45, 2.75) is 18.8 Å². The minimum Gasteiger partial charge on any atom is -0.339 e. The summed E-state index contributed by atoms with van der Waals surface area (Å²) >= 11 is 6.10. The fourth-order valence-corrected chi connectivity index (χ4v) is 3.23. The normalized spacial score (nSPS) is 16.0. The van der Waals surface area contributed by atoms with E-state index in [1.165, 1.54) is 5.56 Å². The van der Waals surface area contributed by atoms with Crippen molar-refractivity contribution >= 4 is 23.6 Å². The Morgan fingerprint density at radius 1 is 1.00 bits per heavy atom. The Bertz CT molecular complexity index is 688. The highest BCUT2D eigenvalue weighted by Gasteiger charge is 2.22. The Hall–Kier alpha value is -2.06. The smallest absolute Gasteiger partial charge is 0.246 e. The Labute approximate surface area is 142 Å². The molecule has 1 aliphatic heterocycles. The molecule has 2 nitrogen and oxygen atoms in total. The second-order valence-corrected chi connectivity index (χ2v) is 6.27. The highest BCUT2D eigenvalue weighted by atomic mass is 35.5. The van der Waals surface area contributed by atoms with Gasteiger partial charge in [0.25, 0.3) is 0 Å². The molecule has 0 atom stereocenters. The minimum absolute atomic E-state index is 0.0661. The zero-order valence-electron chi connectivity index (χ0n) is 13.0. The monoisotopic (exact) mass is 325 g/mol.